The van der Waals surface area contributed by atoms with Crippen molar-refractivity contribution in [2.24, 2.45) is 4.99 Å². The van der Waals surface area contributed by atoms with E-state index in [2.05, 4.69) is 47.8 Å². The Morgan fingerprint density at radius 2 is 2.00 bits per heavy atom. The average molecular weight is 373 g/mol. The lowest BCUT2D eigenvalue weighted by molar-refractivity contribution is 0.336. The van der Waals surface area contributed by atoms with Crippen molar-refractivity contribution in [2.75, 3.05) is 19.7 Å². The molecule has 0 fully saturated rings. The van der Waals surface area contributed by atoms with Crippen molar-refractivity contribution in [3.05, 3.63) is 46.3 Å². The van der Waals surface area contributed by atoms with Crippen LogP contribution in [0.25, 0.3) is 0 Å². The van der Waals surface area contributed by atoms with E-state index in [0.29, 0.717) is 13.2 Å². The molecule has 0 saturated carbocycles. The van der Waals surface area contributed by atoms with Crippen LogP contribution in [0.3, 0.4) is 0 Å². The largest absolute Gasteiger partial charge is 0.494 e. The molecule has 27 heavy (non-hydrogen) atoms. The van der Waals surface area contributed by atoms with E-state index < -0.39 is 0 Å². The maximum absolute atomic E-state index is 5.75. The van der Waals surface area contributed by atoms with Gasteiger partial charge in [0, 0.05) is 24.2 Å². The lowest BCUT2D eigenvalue weighted by atomic mass is 10.1. The zero-order valence-electron chi connectivity index (χ0n) is 17.2. The number of hydrogen-bond donors (Lipinski definition) is 2. The first-order chi connectivity index (χ1) is 13.0. The highest BCUT2D eigenvalue weighted by molar-refractivity contribution is 5.79. The predicted molar refractivity (Wildman–Crippen MR) is 109 cm³/mol. The first-order valence-electron chi connectivity index (χ1n) is 9.71. The van der Waals surface area contributed by atoms with Crippen LogP contribution < -0.4 is 15.4 Å². The molecule has 0 bridgehead atoms. The Morgan fingerprint density at radius 3 is 2.67 bits per heavy atom. The van der Waals surface area contributed by atoms with Crippen molar-refractivity contribution in [2.45, 2.75) is 54.0 Å². The highest BCUT2D eigenvalue weighted by Crippen LogP contribution is 2.21. The summed E-state index contributed by atoms with van der Waals surface area (Å²) in [5, 5.41) is 10.7. The van der Waals surface area contributed by atoms with Gasteiger partial charge in [0.15, 0.2) is 5.96 Å². The molecule has 0 unspecified atom stereocenters. The minimum atomic E-state index is 0.578. The van der Waals surface area contributed by atoms with Gasteiger partial charge >= 0.3 is 0 Å². The quantitative estimate of drug-likeness (QED) is 0.399. The van der Waals surface area contributed by atoms with Crippen LogP contribution in [0.2, 0.25) is 0 Å². The van der Waals surface area contributed by atoms with Gasteiger partial charge in [0.1, 0.15) is 11.5 Å². The Kier molecular flexibility index (Phi) is 8.17. The van der Waals surface area contributed by atoms with Crippen molar-refractivity contribution >= 4 is 5.96 Å². The fraction of sp³-hybridized carbons (Fsp3) is 0.524. The van der Waals surface area contributed by atoms with E-state index in [4.69, 9.17) is 14.3 Å². The van der Waals surface area contributed by atoms with Crippen molar-refractivity contribution in [3.8, 4) is 5.75 Å². The second-order valence-electron chi connectivity index (χ2n) is 6.57. The first-order valence-corrected chi connectivity index (χ1v) is 9.71. The smallest absolute Gasteiger partial charge is 0.191 e. The fourth-order valence-electron chi connectivity index (χ4n) is 2.92. The molecule has 6 nitrogen and oxygen atoms in total. The first kappa shape index (κ1) is 20.8. The van der Waals surface area contributed by atoms with Crippen LogP contribution in [0.4, 0.5) is 0 Å². The van der Waals surface area contributed by atoms with Gasteiger partial charge in [0.2, 0.25) is 0 Å². The molecule has 0 aliphatic heterocycles. The third-order valence-corrected chi connectivity index (χ3v) is 4.35. The molecule has 0 spiro atoms. The molecule has 0 aliphatic carbocycles. The molecular weight excluding hydrogens is 340 g/mol. The number of aryl methyl sites for hydroxylation is 3. The van der Waals surface area contributed by atoms with Crippen LogP contribution in [0.1, 0.15) is 48.4 Å². The Labute approximate surface area is 162 Å². The predicted octanol–water partition coefficient (Wildman–Crippen LogP) is 3.69. The molecule has 148 valence electrons. The molecule has 0 amide bonds. The van der Waals surface area contributed by atoms with Crippen LogP contribution in [-0.4, -0.2) is 30.8 Å². The summed E-state index contributed by atoms with van der Waals surface area (Å²) in [5.74, 6) is 2.64. The maximum atomic E-state index is 5.75. The molecule has 2 N–H and O–H groups in total. The van der Waals surface area contributed by atoms with Gasteiger partial charge in [-0.15, -0.1) is 0 Å². The SMILES string of the molecule is CCNC(=NCc1ccc(C)cc1OCC)NCCCc1c(C)noc1C. The summed E-state index contributed by atoms with van der Waals surface area (Å²) in [6.07, 6.45) is 1.93. The number of rotatable bonds is 9. The van der Waals surface area contributed by atoms with Gasteiger partial charge in [0.05, 0.1) is 18.8 Å². The molecule has 1 aromatic carbocycles. The number of benzene rings is 1. The summed E-state index contributed by atoms with van der Waals surface area (Å²) >= 11 is 0. The summed E-state index contributed by atoms with van der Waals surface area (Å²) < 4.78 is 11.0. The van der Waals surface area contributed by atoms with E-state index in [1.54, 1.807) is 0 Å². The van der Waals surface area contributed by atoms with Crippen molar-refractivity contribution in [1.29, 1.82) is 0 Å². The number of guanidine groups is 1. The summed E-state index contributed by atoms with van der Waals surface area (Å²) in [4.78, 5) is 4.71. The van der Waals surface area contributed by atoms with E-state index in [1.165, 1.54) is 11.1 Å². The third-order valence-electron chi connectivity index (χ3n) is 4.35. The summed E-state index contributed by atoms with van der Waals surface area (Å²) in [6.45, 7) is 13.0. The highest BCUT2D eigenvalue weighted by atomic mass is 16.5. The van der Waals surface area contributed by atoms with Crippen LogP contribution in [-0.2, 0) is 13.0 Å². The van der Waals surface area contributed by atoms with E-state index in [1.807, 2.05) is 20.8 Å². The molecular formula is C21H32N4O2. The topological polar surface area (TPSA) is 71.7 Å². The lowest BCUT2D eigenvalue weighted by Crippen LogP contribution is -2.37. The number of ether oxygens (including phenoxy) is 1. The number of nitrogens with one attached hydrogen (secondary N) is 2. The van der Waals surface area contributed by atoms with Crippen LogP contribution >= 0.6 is 0 Å². The van der Waals surface area contributed by atoms with Crippen LogP contribution in [0.15, 0.2) is 27.7 Å². The van der Waals surface area contributed by atoms with Gasteiger partial charge in [-0.2, -0.15) is 0 Å². The van der Waals surface area contributed by atoms with Gasteiger partial charge in [-0.25, -0.2) is 4.99 Å². The molecule has 0 radical (unpaired) electrons. The summed E-state index contributed by atoms with van der Waals surface area (Å²) in [5.41, 5.74) is 4.47. The van der Waals surface area contributed by atoms with E-state index in [0.717, 1.165) is 54.7 Å². The normalized spacial score (nSPS) is 11.5. The Balaban J connectivity index is 1.92. The second kappa shape index (κ2) is 10.6. The van der Waals surface area contributed by atoms with Gasteiger partial charge in [0.25, 0.3) is 0 Å². The van der Waals surface area contributed by atoms with Gasteiger partial charge in [-0.1, -0.05) is 17.3 Å². The Bertz CT molecular complexity index is 733. The summed E-state index contributed by atoms with van der Waals surface area (Å²) in [7, 11) is 0. The molecule has 0 saturated heterocycles. The summed E-state index contributed by atoms with van der Waals surface area (Å²) in [6, 6.07) is 6.25. The minimum absolute atomic E-state index is 0.578. The molecule has 6 heteroatoms. The van der Waals surface area contributed by atoms with Crippen LogP contribution in [0.5, 0.6) is 5.75 Å². The van der Waals surface area contributed by atoms with Gasteiger partial charge < -0.3 is 19.9 Å². The minimum Gasteiger partial charge on any atom is -0.494 e. The Hall–Kier alpha value is -2.50. The van der Waals surface area contributed by atoms with E-state index in [9.17, 15) is 0 Å². The molecule has 2 rings (SSSR count). The van der Waals surface area contributed by atoms with Crippen molar-refractivity contribution < 1.29 is 9.26 Å². The molecule has 0 aliphatic rings. The zero-order chi connectivity index (χ0) is 19.6. The standard InChI is InChI=1S/C21H32N4O2/c1-6-22-21(23-12-8-9-19-16(4)25-27-17(19)5)24-14-18-11-10-15(3)13-20(18)26-7-2/h10-11,13H,6-9,12,14H2,1-5H3,(H2,22,23,24). The van der Waals surface area contributed by atoms with E-state index >= 15 is 0 Å². The van der Waals surface area contributed by atoms with Crippen molar-refractivity contribution in [3.63, 3.8) is 0 Å². The molecule has 0 atom stereocenters. The number of aliphatic imine (C=N–C) groups is 1. The number of hydrogen-bond acceptors (Lipinski definition) is 4. The molecule has 1 aromatic heterocycles. The average Bonchev–Trinajstić information content (AvgIpc) is 2.96. The number of aromatic nitrogens is 1. The van der Waals surface area contributed by atoms with Crippen molar-refractivity contribution in [1.82, 2.24) is 15.8 Å². The highest BCUT2D eigenvalue weighted by Gasteiger charge is 2.08. The van der Waals surface area contributed by atoms with E-state index in [-0.39, 0.29) is 0 Å². The Morgan fingerprint density at radius 1 is 1.19 bits per heavy atom. The lowest BCUT2D eigenvalue weighted by Gasteiger charge is -2.13. The zero-order valence-corrected chi connectivity index (χ0v) is 17.2. The van der Waals surface area contributed by atoms with Gasteiger partial charge in [-0.05, 0) is 59.1 Å². The van der Waals surface area contributed by atoms with Crippen LogP contribution in [0, 0.1) is 20.8 Å². The second-order valence-corrected chi connectivity index (χ2v) is 6.57. The monoisotopic (exact) mass is 372 g/mol. The molecule has 2 aromatic rings. The third kappa shape index (κ3) is 6.31. The fourth-order valence-corrected chi connectivity index (χ4v) is 2.92. The number of nitrogens with zero attached hydrogens (tertiary/aromatic N) is 2. The maximum Gasteiger partial charge on any atom is 0.191 e. The van der Waals surface area contributed by atoms with Gasteiger partial charge in [-0.3, -0.25) is 0 Å². The molecule has 1 heterocycles.